The lowest BCUT2D eigenvalue weighted by atomic mass is 10.1. The van der Waals surface area contributed by atoms with Crippen LogP contribution in [0.4, 0.5) is 0 Å². The maximum atomic E-state index is 12.6. The number of rotatable bonds is 7. The number of aromatic nitrogens is 2. The molecule has 1 aromatic heterocycles. The Hall–Kier alpha value is -1.68. The SMILES string of the molecule is CCOC(C(=O)Cc1nc2ccccc2n1CC)C1CC1. The number of aryl methyl sites for hydroxylation is 1. The second-order valence-electron chi connectivity index (χ2n) is 5.62. The minimum absolute atomic E-state index is 0.171. The summed E-state index contributed by atoms with van der Waals surface area (Å²) in [6, 6.07) is 8.04. The Balaban J connectivity index is 1.85. The molecule has 0 radical (unpaired) electrons. The van der Waals surface area contributed by atoms with Crippen LogP contribution in [0, 0.1) is 5.92 Å². The lowest BCUT2D eigenvalue weighted by Gasteiger charge is -2.15. The van der Waals surface area contributed by atoms with Crippen LogP contribution in [0.25, 0.3) is 11.0 Å². The molecule has 112 valence electrons. The maximum Gasteiger partial charge on any atom is 0.169 e. The van der Waals surface area contributed by atoms with E-state index in [1.807, 2.05) is 25.1 Å². The molecule has 4 nitrogen and oxygen atoms in total. The van der Waals surface area contributed by atoms with Gasteiger partial charge in [-0.25, -0.2) is 4.98 Å². The first-order chi connectivity index (χ1) is 10.2. The van der Waals surface area contributed by atoms with E-state index in [1.54, 1.807) is 0 Å². The molecule has 0 bridgehead atoms. The Labute approximate surface area is 125 Å². The zero-order valence-corrected chi connectivity index (χ0v) is 12.7. The average Bonchev–Trinajstić information content (AvgIpc) is 3.26. The van der Waals surface area contributed by atoms with Crippen molar-refractivity contribution in [3.63, 3.8) is 0 Å². The van der Waals surface area contributed by atoms with Crippen LogP contribution < -0.4 is 0 Å². The van der Waals surface area contributed by atoms with Crippen molar-refractivity contribution in [3.8, 4) is 0 Å². The molecule has 3 rings (SSSR count). The fraction of sp³-hybridized carbons (Fsp3) is 0.529. The summed E-state index contributed by atoms with van der Waals surface area (Å²) >= 11 is 0. The van der Waals surface area contributed by atoms with Crippen LogP contribution >= 0.6 is 0 Å². The first-order valence-corrected chi connectivity index (χ1v) is 7.83. The fourth-order valence-corrected chi connectivity index (χ4v) is 2.94. The van der Waals surface area contributed by atoms with Gasteiger partial charge in [-0.05, 0) is 44.7 Å². The molecular weight excluding hydrogens is 264 g/mol. The number of imidazole rings is 1. The molecule has 1 aromatic carbocycles. The summed E-state index contributed by atoms with van der Waals surface area (Å²) in [4.78, 5) is 17.2. The van der Waals surface area contributed by atoms with E-state index < -0.39 is 0 Å². The summed E-state index contributed by atoms with van der Waals surface area (Å²) in [5, 5.41) is 0. The first-order valence-electron chi connectivity index (χ1n) is 7.83. The van der Waals surface area contributed by atoms with Crippen LogP contribution in [0.1, 0.15) is 32.5 Å². The normalized spacial score (nSPS) is 16.3. The van der Waals surface area contributed by atoms with Gasteiger partial charge in [0, 0.05) is 13.2 Å². The van der Waals surface area contributed by atoms with Gasteiger partial charge in [-0.1, -0.05) is 12.1 Å². The molecule has 0 amide bonds. The fourth-order valence-electron chi connectivity index (χ4n) is 2.94. The molecule has 1 heterocycles. The molecule has 1 unspecified atom stereocenters. The van der Waals surface area contributed by atoms with Gasteiger partial charge in [0.15, 0.2) is 5.78 Å². The average molecular weight is 286 g/mol. The number of hydrogen-bond acceptors (Lipinski definition) is 3. The summed E-state index contributed by atoms with van der Waals surface area (Å²) in [6.45, 7) is 5.45. The van der Waals surface area contributed by atoms with Gasteiger partial charge in [-0.15, -0.1) is 0 Å². The number of ether oxygens (including phenoxy) is 1. The number of ketones is 1. The second kappa shape index (κ2) is 5.98. The molecule has 1 aliphatic carbocycles. The van der Waals surface area contributed by atoms with Crippen molar-refractivity contribution >= 4 is 16.8 Å². The molecule has 4 heteroatoms. The Morgan fingerprint density at radius 3 is 2.81 bits per heavy atom. The predicted molar refractivity (Wildman–Crippen MR) is 82.3 cm³/mol. The number of para-hydroxylation sites is 2. The van der Waals surface area contributed by atoms with Crippen molar-refractivity contribution in [1.82, 2.24) is 9.55 Å². The Kier molecular flexibility index (Phi) is 4.06. The zero-order valence-electron chi connectivity index (χ0n) is 12.7. The molecular formula is C17H22N2O2. The largest absolute Gasteiger partial charge is 0.370 e. The van der Waals surface area contributed by atoms with Crippen LogP contribution in [0.2, 0.25) is 0 Å². The molecule has 0 N–H and O–H groups in total. The Morgan fingerprint density at radius 1 is 1.38 bits per heavy atom. The Bertz CT molecular complexity index is 643. The number of hydrogen-bond donors (Lipinski definition) is 0. The van der Waals surface area contributed by atoms with Gasteiger partial charge in [-0.2, -0.15) is 0 Å². The van der Waals surface area contributed by atoms with Crippen molar-refractivity contribution in [1.29, 1.82) is 0 Å². The van der Waals surface area contributed by atoms with E-state index in [-0.39, 0.29) is 11.9 Å². The molecule has 1 atom stereocenters. The van der Waals surface area contributed by atoms with Gasteiger partial charge in [0.1, 0.15) is 11.9 Å². The van der Waals surface area contributed by atoms with Gasteiger partial charge in [-0.3, -0.25) is 4.79 Å². The third-order valence-electron chi connectivity index (χ3n) is 4.10. The smallest absolute Gasteiger partial charge is 0.169 e. The summed E-state index contributed by atoms with van der Waals surface area (Å²) in [5.74, 6) is 1.45. The maximum absolute atomic E-state index is 12.6. The molecule has 0 aliphatic heterocycles. The monoisotopic (exact) mass is 286 g/mol. The van der Waals surface area contributed by atoms with Gasteiger partial charge >= 0.3 is 0 Å². The Morgan fingerprint density at radius 2 is 2.14 bits per heavy atom. The number of benzene rings is 1. The minimum Gasteiger partial charge on any atom is -0.370 e. The molecule has 0 spiro atoms. The van der Waals surface area contributed by atoms with Crippen molar-refractivity contribution in [3.05, 3.63) is 30.1 Å². The summed E-state index contributed by atoms with van der Waals surface area (Å²) in [7, 11) is 0. The molecule has 1 fully saturated rings. The summed E-state index contributed by atoms with van der Waals surface area (Å²) in [6.07, 6.45) is 2.35. The van der Waals surface area contributed by atoms with E-state index in [0.717, 1.165) is 36.2 Å². The van der Waals surface area contributed by atoms with E-state index in [1.165, 1.54) is 0 Å². The third kappa shape index (κ3) is 2.86. The van der Waals surface area contributed by atoms with Crippen LogP contribution in [0.15, 0.2) is 24.3 Å². The van der Waals surface area contributed by atoms with Crippen molar-refractivity contribution in [2.75, 3.05) is 6.61 Å². The van der Waals surface area contributed by atoms with E-state index in [2.05, 4.69) is 22.5 Å². The molecule has 1 saturated carbocycles. The lowest BCUT2D eigenvalue weighted by Crippen LogP contribution is -2.29. The third-order valence-corrected chi connectivity index (χ3v) is 4.10. The number of fused-ring (bicyclic) bond motifs is 1. The zero-order chi connectivity index (χ0) is 14.8. The van der Waals surface area contributed by atoms with E-state index in [9.17, 15) is 4.79 Å². The van der Waals surface area contributed by atoms with Crippen LogP contribution in [-0.2, 0) is 22.5 Å². The van der Waals surface area contributed by atoms with E-state index >= 15 is 0 Å². The lowest BCUT2D eigenvalue weighted by molar-refractivity contribution is -0.131. The minimum atomic E-state index is -0.236. The highest BCUT2D eigenvalue weighted by atomic mass is 16.5. The van der Waals surface area contributed by atoms with Gasteiger partial charge in [0.25, 0.3) is 0 Å². The van der Waals surface area contributed by atoms with Crippen LogP contribution in [-0.4, -0.2) is 28.0 Å². The van der Waals surface area contributed by atoms with E-state index in [0.29, 0.717) is 18.9 Å². The predicted octanol–water partition coefficient (Wildman–Crippen LogP) is 2.98. The first kappa shape index (κ1) is 14.3. The molecule has 2 aromatic rings. The van der Waals surface area contributed by atoms with Crippen LogP contribution in [0.5, 0.6) is 0 Å². The van der Waals surface area contributed by atoms with Gasteiger partial charge in [0.2, 0.25) is 0 Å². The van der Waals surface area contributed by atoms with Crippen molar-refractivity contribution in [2.45, 2.75) is 45.8 Å². The summed E-state index contributed by atoms with van der Waals surface area (Å²) < 4.78 is 7.79. The highest BCUT2D eigenvalue weighted by Crippen LogP contribution is 2.35. The second-order valence-corrected chi connectivity index (χ2v) is 5.62. The standard InChI is InChI=1S/C17H22N2O2/c1-3-19-14-8-6-5-7-13(14)18-16(19)11-15(20)17(21-4-2)12-9-10-12/h5-8,12,17H,3-4,9-11H2,1-2H3. The molecule has 21 heavy (non-hydrogen) atoms. The highest BCUT2D eigenvalue weighted by Gasteiger charge is 2.36. The number of carbonyl (C=O) groups is 1. The summed E-state index contributed by atoms with van der Waals surface area (Å²) in [5.41, 5.74) is 2.06. The van der Waals surface area contributed by atoms with Crippen molar-refractivity contribution < 1.29 is 9.53 Å². The highest BCUT2D eigenvalue weighted by molar-refractivity contribution is 5.86. The van der Waals surface area contributed by atoms with E-state index in [4.69, 9.17) is 4.74 Å². The quantitative estimate of drug-likeness (QED) is 0.786. The number of nitrogens with zero attached hydrogens (tertiary/aromatic N) is 2. The van der Waals surface area contributed by atoms with Gasteiger partial charge < -0.3 is 9.30 Å². The number of carbonyl (C=O) groups excluding carboxylic acids is 1. The molecule has 0 saturated heterocycles. The van der Waals surface area contributed by atoms with Crippen molar-refractivity contribution in [2.24, 2.45) is 5.92 Å². The molecule has 1 aliphatic rings. The van der Waals surface area contributed by atoms with Gasteiger partial charge in [0.05, 0.1) is 17.5 Å². The topological polar surface area (TPSA) is 44.1 Å². The number of Topliss-reactive ketones (excluding diaryl/α,β-unsaturated/α-hetero) is 1. The van der Waals surface area contributed by atoms with Crippen LogP contribution in [0.3, 0.4) is 0 Å².